The number of carbonyl (C=O) groups is 1. The molecule has 0 aliphatic rings. The molecule has 0 fully saturated rings. The van der Waals surface area contributed by atoms with Gasteiger partial charge in [0.05, 0.1) is 0 Å². The summed E-state index contributed by atoms with van der Waals surface area (Å²) >= 11 is 0. The van der Waals surface area contributed by atoms with E-state index in [4.69, 9.17) is 12.6 Å². The summed E-state index contributed by atoms with van der Waals surface area (Å²) in [4.78, 5) is 11.8. The Kier molecular flexibility index (Phi) is 8.74. The van der Waals surface area contributed by atoms with Crippen LogP contribution in [0.5, 0.6) is 0 Å². The van der Waals surface area contributed by atoms with Gasteiger partial charge in [-0.05, 0) is 47.4 Å². The summed E-state index contributed by atoms with van der Waals surface area (Å²) in [5.74, 6) is -0.433. The Labute approximate surface area is 147 Å². The monoisotopic (exact) mass is 360 g/mol. The summed E-state index contributed by atoms with van der Waals surface area (Å²) in [6, 6.07) is 14.2. The van der Waals surface area contributed by atoms with Crippen LogP contribution in [0.2, 0.25) is 0 Å². The molecule has 0 radical (unpaired) electrons. The van der Waals surface area contributed by atoms with Crippen molar-refractivity contribution in [2.75, 3.05) is 0 Å². The van der Waals surface area contributed by atoms with Crippen molar-refractivity contribution >= 4 is 28.5 Å². The van der Waals surface area contributed by atoms with E-state index in [-0.39, 0.29) is 11.6 Å². The molecule has 25 heavy (non-hydrogen) atoms. The van der Waals surface area contributed by atoms with E-state index in [1.54, 1.807) is 24.3 Å². The fourth-order valence-corrected chi connectivity index (χ4v) is 1.94. The summed E-state index contributed by atoms with van der Waals surface area (Å²) < 4.78 is 38.3. The van der Waals surface area contributed by atoms with Crippen molar-refractivity contribution in [3.8, 4) is 0 Å². The molecule has 0 heterocycles. The maximum Gasteiger partial charge on any atom is 0.425 e. The summed E-state index contributed by atoms with van der Waals surface area (Å²) in [5.41, 5.74) is 2.91. The Morgan fingerprint density at radius 2 is 1.48 bits per heavy atom. The molecule has 2 aromatic rings. The number of halogens is 1. The highest BCUT2D eigenvalue weighted by Gasteiger charge is 1.94. The van der Waals surface area contributed by atoms with Crippen LogP contribution >= 0.6 is 0 Å². The lowest BCUT2D eigenvalue weighted by molar-refractivity contribution is -0.110. The third-order valence-corrected chi connectivity index (χ3v) is 3.09. The Hall–Kier alpha value is -2.86. The number of allylic oxidation sites excluding steroid dienone is 2. The van der Waals surface area contributed by atoms with Gasteiger partial charge in [-0.2, -0.15) is 0 Å². The first kappa shape index (κ1) is 20.2. The third kappa shape index (κ3) is 9.12. The van der Waals surface area contributed by atoms with Crippen molar-refractivity contribution in [3.05, 3.63) is 83.2 Å². The van der Waals surface area contributed by atoms with Gasteiger partial charge in [-0.1, -0.05) is 55.5 Å². The zero-order valence-electron chi connectivity index (χ0n) is 13.6. The highest BCUT2D eigenvalue weighted by molar-refractivity contribution is 7.59. The number of hydrogen-bond donors (Lipinski definition) is 0. The lowest BCUT2D eigenvalue weighted by atomic mass is 10.1. The van der Waals surface area contributed by atoms with Gasteiger partial charge in [-0.25, -0.2) is 4.39 Å². The third-order valence-electron chi connectivity index (χ3n) is 3.09. The van der Waals surface area contributed by atoms with E-state index in [1.807, 2.05) is 12.1 Å². The fraction of sp³-hybridized carbons (Fsp3) is 0.105. The van der Waals surface area contributed by atoms with Gasteiger partial charge in [0.1, 0.15) is 5.82 Å². The molecule has 0 saturated heterocycles. The van der Waals surface area contributed by atoms with Crippen molar-refractivity contribution < 1.29 is 21.8 Å². The van der Waals surface area contributed by atoms with Crippen molar-refractivity contribution in [2.45, 2.75) is 13.3 Å². The van der Waals surface area contributed by atoms with Crippen molar-refractivity contribution in [1.82, 2.24) is 0 Å². The van der Waals surface area contributed by atoms with Crippen molar-refractivity contribution in [1.29, 1.82) is 0 Å². The van der Waals surface area contributed by atoms with E-state index >= 15 is 0 Å². The summed E-state index contributed by atoms with van der Waals surface area (Å²) in [6.45, 7) is 2.09. The average molecular weight is 360 g/mol. The average Bonchev–Trinajstić information content (AvgIpc) is 2.58. The normalized spacial score (nSPS) is 10.5. The smallest absolute Gasteiger partial charge is 0.290 e. The van der Waals surface area contributed by atoms with Crippen LogP contribution in [0, 0.1) is 5.82 Å². The largest absolute Gasteiger partial charge is 0.425 e. The summed E-state index contributed by atoms with van der Waals surface area (Å²) in [6.07, 6.45) is 7.32. The minimum Gasteiger partial charge on any atom is -0.290 e. The molecule has 0 N–H and O–H groups in total. The first-order valence-electron chi connectivity index (χ1n) is 7.42. The van der Waals surface area contributed by atoms with Crippen molar-refractivity contribution in [3.63, 3.8) is 0 Å². The number of carbonyl (C=O) groups excluding carboxylic acids is 1. The first-order chi connectivity index (χ1) is 11.9. The molecule has 0 bridgehead atoms. The van der Waals surface area contributed by atoms with Crippen LogP contribution in [0.3, 0.4) is 0 Å². The van der Waals surface area contributed by atoms with Crippen molar-refractivity contribution in [2.24, 2.45) is 0 Å². The van der Waals surface area contributed by atoms with Crippen LogP contribution in [-0.2, 0) is 21.8 Å². The fourth-order valence-electron chi connectivity index (χ4n) is 1.94. The van der Waals surface area contributed by atoms with Gasteiger partial charge in [-0.15, -0.1) is 12.6 Å². The number of ketones is 1. The number of benzene rings is 2. The van der Waals surface area contributed by atoms with Crippen LogP contribution in [-0.4, -0.2) is 18.4 Å². The zero-order valence-corrected chi connectivity index (χ0v) is 14.4. The Morgan fingerprint density at radius 1 is 0.960 bits per heavy atom. The van der Waals surface area contributed by atoms with Gasteiger partial charge < -0.3 is 0 Å². The molecule has 0 spiro atoms. The Bertz CT molecular complexity index is 877. The van der Waals surface area contributed by atoms with Gasteiger partial charge in [0.15, 0.2) is 5.78 Å². The molecule has 0 aliphatic carbocycles. The quantitative estimate of drug-likeness (QED) is 0.763. The maximum absolute atomic E-state index is 13.0. The minimum absolute atomic E-state index is 0.124. The van der Waals surface area contributed by atoms with Gasteiger partial charge in [0.25, 0.3) is 0 Å². The Balaban J connectivity index is 0.000000705. The standard InChI is InChI=1S/C19H17FO.O3S/c1-2-15-5-3-6-16(13-15)9-11-19(21)12-10-17-7-4-8-18(20)14-17;1-4(2)3/h3-14H,2H2,1H3;/b11-9+,12-10+;. The highest BCUT2D eigenvalue weighted by atomic mass is 32.2. The second-order valence-electron chi connectivity index (χ2n) is 4.93. The van der Waals surface area contributed by atoms with Gasteiger partial charge in [0.2, 0.25) is 0 Å². The van der Waals surface area contributed by atoms with Gasteiger partial charge in [0, 0.05) is 0 Å². The second-order valence-corrected chi connectivity index (χ2v) is 5.34. The van der Waals surface area contributed by atoms with E-state index < -0.39 is 10.6 Å². The molecule has 0 saturated carbocycles. The van der Waals surface area contributed by atoms with Gasteiger partial charge in [-0.3, -0.25) is 4.79 Å². The predicted molar refractivity (Wildman–Crippen MR) is 95.0 cm³/mol. The molecule has 2 rings (SSSR count). The van der Waals surface area contributed by atoms with E-state index in [0.717, 1.165) is 12.0 Å². The topological polar surface area (TPSA) is 68.3 Å². The molecule has 0 aliphatic heterocycles. The van der Waals surface area contributed by atoms with Gasteiger partial charge >= 0.3 is 10.6 Å². The molecule has 2 aromatic carbocycles. The van der Waals surface area contributed by atoms with Crippen LogP contribution in [0.1, 0.15) is 23.6 Å². The molecule has 6 heteroatoms. The number of rotatable bonds is 5. The van der Waals surface area contributed by atoms with E-state index in [2.05, 4.69) is 19.1 Å². The predicted octanol–water partition coefficient (Wildman–Crippen LogP) is 3.68. The molecule has 130 valence electrons. The second kappa shape index (κ2) is 10.8. The van der Waals surface area contributed by atoms with E-state index in [9.17, 15) is 9.18 Å². The minimum atomic E-state index is -3.11. The molecule has 0 aromatic heterocycles. The SMILES string of the molecule is CCc1cccc(/C=C/C(=O)/C=C/c2cccc(F)c2)c1.O=S(=O)=O. The molecule has 0 amide bonds. The molecular weight excluding hydrogens is 343 g/mol. The van der Waals surface area contributed by atoms with Crippen LogP contribution in [0.4, 0.5) is 4.39 Å². The molecule has 4 nitrogen and oxygen atoms in total. The van der Waals surface area contributed by atoms with Crippen LogP contribution < -0.4 is 0 Å². The number of aryl methyl sites for hydroxylation is 1. The zero-order chi connectivity index (χ0) is 18.7. The highest BCUT2D eigenvalue weighted by Crippen LogP contribution is 2.08. The van der Waals surface area contributed by atoms with Crippen LogP contribution in [0.15, 0.2) is 60.7 Å². The van der Waals surface area contributed by atoms with E-state index in [0.29, 0.717) is 5.56 Å². The molecular formula is C19H17FO4S. The lowest BCUT2D eigenvalue weighted by Crippen LogP contribution is -1.86. The van der Waals surface area contributed by atoms with Crippen LogP contribution in [0.25, 0.3) is 12.2 Å². The number of hydrogen-bond acceptors (Lipinski definition) is 4. The summed E-state index contributed by atoms with van der Waals surface area (Å²) in [7, 11) is -3.11. The molecule has 0 unspecified atom stereocenters. The molecule has 0 atom stereocenters. The van der Waals surface area contributed by atoms with E-state index in [1.165, 1.54) is 29.8 Å². The first-order valence-corrected chi connectivity index (χ1v) is 8.42. The maximum atomic E-state index is 13.0. The Morgan fingerprint density at radius 3 is 2.00 bits per heavy atom. The summed E-state index contributed by atoms with van der Waals surface area (Å²) in [5, 5.41) is 0. The lowest BCUT2D eigenvalue weighted by Gasteiger charge is -1.97.